The first kappa shape index (κ1) is 35.6. The first-order valence-corrected chi connectivity index (χ1v) is 16.7. The summed E-state index contributed by atoms with van der Waals surface area (Å²) in [5.41, 5.74) is 2.98. The van der Waals surface area contributed by atoms with Gasteiger partial charge < -0.3 is 35.3 Å². The van der Waals surface area contributed by atoms with Gasteiger partial charge in [-0.1, -0.05) is 42.7 Å². The fourth-order valence-corrected chi connectivity index (χ4v) is 5.52. The molecular weight excluding hydrogens is 649 g/mol. The second-order valence-electron chi connectivity index (χ2n) is 11.6. The molecule has 1 fully saturated rings. The Morgan fingerprint density at radius 2 is 2.02 bits per heavy atom. The number of aliphatic hydroxyl groups excluding tert-OH is 1. The van der Waals surface area contributed by atoms with Gasteiger partial charge in [-0.15, -0.1) is 0 Å². The minimum atomic E-state index is -0.347. The Labute approximate surface area is 289 Å². The highest BCUT2D eigenvalue weighted by Crippen LogP contribution is 2.38. The van der Waals surface area contributed by atoms with Crippen molar-refractivity contribution in [2.24, 2.45) is 0 Å². The van der Waals surface area contributed by atoms with E-state index in [4.69, 9.17) is 30.9 Å². The van der Waals surface area contributed by atoms with E-state index in [1.807, 2.05) is 0 Å². The molecular formula is C37H39ClFN5O5. The zero-order chi connectivity index (χ0) is 34.4. The van der Waals surface area contributed by atoms with Crippen molar-refractivity contribution in [2.45, 2.75) is 44.8 Å². The number of hydrogen-bond donors (Lipinski definition) is 4. The van der Waals surface area contributed by atoms with Crippen molar-refractivity contribution in [3.05, 3.63) is 94.9 Å². The first-order chi connectivity index (χ1) is 23.9. The van der Waals surface area contributed by atoms with Crippen LogP contribution < -0.4 is 25.4 Å². The van der Waals surface area contributed by atoms with E-state index in [0.717, 1.165) is 32.2 Å². The summed E-state index contributed by atoms with van der Waals surface area (Å²) in [5.74, 6) is 0.175. The van der Waals surface area contributed by atoms with Gasteiger partial charge in [0.05, 0.1) is 40.7 Å². The number of anilines is 3. The maximum Gasteiger partial charge on any atom is 0.248 e. The lowest BCUT2D eigenvalue weighted by Gasteiger charge is -2.19. The number of unbranched alkanes of at least 4 members (excludes halogenated alkanes) is 3. The van der Waals surface area contributed by atoms with Crippen LogP contribution >= 0.6 is 11.6 Å². The van der Waals surface area contributed by atoms with Crippen molar-refractivity contribution in [1.82, 2.24) is 10.3 Å². The number of fused-ring (bicyclic) bond motifs is 1. The van der Waals surface area contributed by atoms with E-state index in [0.29, 0.717) is 76.2 Å². The molecule has 4 N–H and O–H groups in total. The highest BCUT2D eigenvalue weighted by Gasteiger charge is 2.21. The normalized spacial score (nSPS) is 14.2. The number of ether oxygens (including phenoxy) is 3. The molecule has 0 saturated carbocycles. The van der Waals surface area contributed by atoms with E-state index in [1.54, 1.807) is 48.5 Å². The molecule has 0 unspecified atom stereocenters. The summed E-state index contributed by atoms with van der Waals surface area (Å²) in [4.78, 5) is 17.5. The fraction of sp³-hybridized carbons (Fsp3) is 0.324. The minimum absolute atomic E-state index is 0.140. The molecule has 3 aromatic carbocycles. The third-order valence-electron chi connectivity index (χ3n) is 7.81. The summed E-state index contributed by atoms with van der Waals surface area (Å²) in [5, 5.41) is 29.3. The van der Waals surface area contributed by atoms with Crippen LogP contribution in [-0.2, 0) is 16.1 Å². The van der Waals surface area contributed by atoms with E-state index in [9.17, 15) is 14.4 Å². The number of nitrogens with one attached hydrogen (secondary N) is 3. The van der Waals surface area contributed by atoms with Gasteiger partial charge in [0.1, 0.15) is 36.1 Å². The number of benzene rings is 3. The number of nitrogens with zero attached hydrogens (tertiary/aromatic N) is 2. The Balaban J connectivity index is 1.34. The van der Waals surface area contributed by atoms with Crippen LogP contribution in [0.1, 0.15) is 43.2 Å². The average Bonchev–Trinajstić information content (AvgIpc) is 3.61. The molecule has 1 aliphatic rings. The van der Waals surface area contributed by atoms with Crippen LogP contribution in [-0.4, -0.2) is 55.0 Å². The predicted molar refractivity (Wildman–Crippen MR) is 188 cm³/mol. The number of aromatic nitrogens is 1. The Kier molecular flexibility index (Phi) is 13.2. The molecule has 1 aliphatic heterocycles. The Hall–Kier alpha value is -4.73. The van der Waals surface area contributed by atoms with Crippen LogP contribution in [0.15, 0.2) is 72.9 Å². The maximum atomic E-state index is 13.6. The summed E-state index contributed by atoms with van der Waals surface area (Å²) < 4.78 is 31.1. The zero-order valence-corrected chi connectivity index (χ0v) is 27.8. The van der Waals surface area contributed by atoms with Crippen LogP contribution in [0, 0.1) is 17.1 Å². The van der Waals surface area contributed by atoms with Gasteiger partial charge in [-0.2, -0.15) is 5.26 Å². The number of carbonyl (C=O) groups excluding carboxylic acids is 1. The van der Waals surface area contributed by atoms with Gasteiger partial charge in [-0.25, -0.2) is 4.39 Å². The molecule has 1 atom stereocenters. The Bertz CT molecular complexity index is 1810. The molecule has 256 valence electrons. The number of carbonyl (C=O) groups is 1. The Morgan fingerprint density at radius 1 is 1.14 bits per heavy atom. The molecule has 49 heavy (non-hydrogen) atoms. The smallest absolute Gasteiger partial charge is 0.248 e. The number of pyridine rings is 1. The molecule has 5 rings (SSSR count). The van der Waals surface area contributed by atoms with E-state index >= 15 is 0 Å². The standard InChI is InChI=1S/C37H39ClFN5O5/c38-31-18-28(10-11-34(31)48-23-25-7-5-8-27(39)17-25)43-37-26(21-40)22-42-32-20-35(49-29-12-16-47-24-29)33(19-30(32)37)44-36(46)9-6-14-41-13-3-1-2-4-15-45/h5-11,17-20,22,29,41,45H,1-4,12-16,23-24H2,(H,42,43)(H,44,46)/b9-6+/t29-/m0/s1. The Morgan fingerprint density at radius 3 is 2.80 bits per heavy atom. The van der Waals surface area contributed by atoms with Crippen molar-refractivity contribution in [3.8, 4) is 17.6 Å². The van der Waals surface area contributed by atoms with E-state index in [2.05, 4.69) is 27.0 Å². The molecule has 4 aromatic rings. The second kappa shape index (κ2) is 18.1. The van der Waals surface area contributed by atoms with Crippen LogP contribution in [0.4, 0.5) is 21.5 Å². The average molecular weight is 688 g/mol. The van der Waals surface area contributed by atoms with Gasteiger partial charge in [-0.3, -0.25) is 9.78 Å². The van der Waals surface area contributed by atoms with E-state index < -0.39 is 0 Å². The molecule has 1 amide bonds. The lowest BCUT2D eigenvalue weighted by atomic mass is 10.1. The van der Waals surface area contributed by atoms with Gasteiger partial charge in [0.15, 0.2) is 0 Å². The van der Waals surface area contributed by atoms with Crippen LogP contribution in [0.2, 0.25) is 5.02 Å². The molecule has 0 radical (unpaired) electrons. The highest BCUT2D eigenvalue weighted by atomic mass is 35.5. The molecule has 0 aliphatic carbocycles. The molecule has 0 spiro atoms. The summed E-state index contributed by atoms with van der Waals surface area (Å²) in [6.07, 6.45) is 9.09. The van der Waals surface area contributed by atoms with Crippen molar-refractivity contribution in [3.63, 3.8) is 0 Å². The predicted octanol–water partition coefficient (Wildman–Crippen LogP) is 7.03. The lowest BCUT2D eigenvalue weighted by molar-refractivity contribution is -0.111. The highest BCUT2D eigenvalue weighted by molar-refractivity contribution is 6.32. The number of nitriles is 1. The summed E-state index contributed by atoms with van der Waals surface area (Å²) in [6, 6.07) is 16.9. The SMILES string of the molecule is N#Cc1cnc2cc(O[C@H]3CCOC3)c(NC(=O)/C=C/CNCCCCCCO)cc2c1Nc1ccc(OCc2cccc(F)c2)c(Cl)c1. The van der Waals surface area contributed by atoms with Gasteiger partial charge in [0, 0.05) is 49.0 Å². The van der Waals surface area contributed by atoms with Crippen LogP contribution in [0.3, 0.4) is 0 Å². The van der Waals surface area contributed by atoms with E-state index in [1.165, 1.54) is 24.4 Å². The number of halogens is 2. The maximum absolute atomic E-state index is 13.6. The molecule has 10 nitrogen and oxygen atoms in total. The third kappa shape index (κ3) is 10.4. The summed E-state index contributed by atoms with van der Waals surface area (Å²) in [7, 11) is 0. The minimum Gasteiger partial charge on any atom is -0.487 e. The number of aliphatic hydroxyl groups is 1. The van der Waals surface area contributed by atoms with Gasteiger partial charge in [0.2, 0.25) is 5.91 Å². The number of hydrogen-bond acceptors (Lipinski definition) is 9. The summed E-state index contributed by atoms with van der Waals surface area (Å²) in [6.45, 7) is 2.75. The van der Waals surface area contributed by atoms with Crippen molar-refractivity contribution < 1.29 is 28.5 Å². The fourth-order valence-electron chi connectivity index (χ4n) is 5.29. The molecule has 1 saturated heterocycles. The van der Waals surface area contributed by atoms with Crippen LogP contribution in [0.5, 0.6) is 11.5 Å². The van der Waals surface area contributed by atoms with Gasteiger partial charge in [-0.05, 0) is 61.3 Å². The van der Waals surface area contributed by atoms with Gasteiger partial charge in [0.25, 0.3) is 0 Å². The number of rotatable bonds is 17. The van der Waals surface area contributed by atoms with Crippen LogP contribution in [0.25, 0.3) is 10.9 Å². The quantitative estimate of drug-likeness (QED) is 0.0681. The van der Waals surface area contributed by atoms with E-state index in [-0.39, 0.29) is 36.6 Å². The first-order valence-electron chi connectivity index (χ1n) is 16.3. The van der Waals surface area contributed by atoms with Crippen molar-refractivity contribution >= 4 is 45.5 Å². The van der Waals surface area contributed by atoms with Crippen molar-refractivity contribution in [2.75, 3.05) is 43.5 Å². The van der Waals surface area contributed by atoms with Crippen molar-refractivity contribution in [1.29, 1.82) is 5.26 Å². The topological polar surface area (TPSA) is 138 Å². The third-order valence-corrected chi connectivity index (χ3v) is 8.10. The monoisotopic (exact) mass is 687 g/mol. The molecule has 12 heteroatoms. The lowest BCUT2D eigenvalue weighted by Crippen LogP contribution is -2.18. The summed E-state index contributed by atoms with van der Waals surface area (Å²) >= 11 is 6.55. The molecule has 0 bridgehead atoms. The zero-order valence-electron chi connectivity index (χ0n) is 27.0. The number of amides is 1. The van der Waals surface area contributed by atoms with Gasteiger partial charge >= 0.3 is 0 Å². The molecule has 1 aromatic heterocycles. The second-order valence-corrected chi connectivity index (χ2v) is 12.0. The largest absolute Gasteiger partial charge is 0.487 e. The molecule has 2 heterocycles.